The van der Waals surface area contributed by atoms with Gasteiger partial charge in [-0.2, -0.15) is 16.9 Å². The molecule has 1 fully saturated rings. The zero-order valence-electron chi connectivity index (χ0n) is 8.35. The van der Waals surface area contributed by atoms with Gasteiger partial charge in [0.15, 0.2) is 0 Å². The van der Waals surface area contributed by atoms with Crippen LogP contribution in [0.3, 0.4) is 0 Å². The van der Waals surface area contributed by atoms with E-state index in [0.717, 1.165) is 17.2 Å². The number of thioether (sulfide) groups is 1. The first kappa shape index (κ1) is 9.90. The lowest BCUT2D eigenvalue weighted by molar-refractivity contribution is 0.472. The lowest BCUT2D eigenvalue weighted by atomic mass is 9.74. The van der Waals surface area contributed by atoms with Gasteiger partial charge in [-0.1, -0.05) is 27.7 Å². The second-order valence-electron chi connectivity index (χ2n) is 4.74. The average Bonchev–Trinajstić information content (AvgIpc) is 1.83. The van der Waals surface area contributed by atoms with E-state index >= 15 is 0 Å². The number of rotatable bonds is 0. The van der Waals surface area contributed by atoms with Gasteiger partial charge in [-0.3, -0.25) is 0 Å². The maximum atomic E-state index is 5.43. The summed E-state index contributed by atoms with van der Waals surface area (Å²) in [6, 6.07) is 0. The largest absolute Gasteiger partial charge is 0.323 e. The fraction of sp³-hybridized carbons (Fsp3) is 0.889. The molecular formula is C9H18N2S. The topological polar surface area (TPSA) is 38.4 Å². The first-order valence-corrected chi connectivity index (χ1v) is 5.42. The van der Waals surface area contributed by atoms with Crippen LogP contribution < -0.4 is 5.84 Å². The summed E-state index contributed by atoms with van der Waals surface area (Å²) in [4.78, 5) is 0. The highest BCUT2D eigenvalue weighted by Gasteiger charge is 2.40. The number of hydrazone groups is 1. The minimum atomic E-state index is 0.168. The summed E-state index contributed by atoms with van der Waals surface area (Å²) in [5, 5.41) is 3.96. The predicted octanol–water partition coefficient (Wildman–Crippen LogP) is 2.10. The summed E-state index contributed by atoms with van der Waals surface area (Å²) in [5.74, 6) is 7.70. The number of nitrogens with two attached hydrogens (primary N) is 1. The van der Waals surface area contributed by atoms with Crippen molar-refractivity contribution < 1.29 is 0 Å². The van der Waals surface area contributed by atoms with Gasteiger partial charge >= 0.3 is 0 Å². The minimum absolute atomic E-state index is 0.168. The van der Waals surface area contributed by atoms with E-state index in [1.807, 2.05) is 11.8 Å². The smallest absolute Gasteiger partial charge is 0.0504 e. The van der Waals surface area contributed by atoms with Crippen LogP contribution in [0.1, 0.15) is 27.7 Å². The highest BCUT2D eigenvalue weighted by Crippen LogP contribution is 2.41. The molecule has 0 aromatic heterocycles. The van der Waals surface area contributed by atoms with Gasteiger partial charge in [-0.25, -0.2) is 0 Å². The highest BCUT2D eigenvalue weighted by molar-refractivity contribution is 7.99. The molecule has 0 aliphatic carbocycles. The molecule has 2 N–H and O–H groups in total. The summed E-state index contributed by atoms with van der Waals surface area (Å²) in [7, 11) is 0. The third-order valence-electron chi connectivity index (χ3n) is 2.34. The van der Waals surface area contributed by atoms with E-state index < -0.39 is 0 Å². The van der Waals surface area contributed by atoms with Crippen LogP contribution in [0.4, 0.5) is 0 Å². The van der Waals surface area contributed by atoms with Gasteiger partial charge in [-0.05, 0) is 0 Å². The van der Waals surface area contributed by atoms with Crippen molar-refractivity contribution in [2.24, 2.45) is 21.8 Å². The molecule has 0 aromatic carbocycles. The Kier molecular flexibility index (Phi) is 2.43. The molecule has 0 bridgehead atoms. The van der Waals surface area contributed by atoms with E-state index in [2.05, 4.69) is 32.8 Å². The van der Waals surface area contributed by atoms with Gasteiger partial charge in [0.1, 0.15) is 0 Å². The molecule has 1 heterocycles. The summed E-state index contributed by atoms with van der Waals surface area (Å²) in [6.07, 6.45) is 0. The maximum absolute atomic E-state index is 5.43. The number of hydrogen-bond acceptors (Lipinski definition) is 3. The second-order valence-corrected chi connectivity index (χ2v) is 5.72. The van der Waals surface area contributed by atoms with Gasteiger partial charge in [-0.15, -0.1) is 0 Å². The van der Waals surface area contributed by atoms with E-state index in [1.165, 1.54) is 0 Å². The molecular weight excluding hydrogens is 168 g/mol. The Balaban J connectivity index is 2.98. The van der Waals surface area contributed by atoms with E-state index in [-0.39, 0.29) is 10.8 Å². The highest BCUT2D eigenvalue weighted by atomic mass is 32.2. The molecule has 1 aliphatic rings. The van der Waals surface area contributed by atoms with Crippen molar-refractivity contribution in [3.05, 3.63) is 0 Å². The molecule has 3 heteroatoms. The third kappa shape index (κ3) is 1.60. The first-order chi connectivity index (χ1) is 5.40. The third-order valence-corrected chi connectivity index (χ3v) is 4.19. The number of hydrogen-bond donors (Lipinski definition) is 1. The fourth-order valence-electron chi connectivity index (χ4n) is 1.96. The molecule has 12 heavy (non-hydrogen) atoms. The Bertz CT molecular complexity index is 189. The lowest BCUT2D eigenvalue weighted by Crippen LogP contribution is -2.44. The van der Waals surface area contributed by atoms with Crippen molar-refractivity contribution in [1.29, 1.82) is 0 Å². The van der Waals surface area contributed by atoms with Crippen LogP contribution >= 0.6 is 11.8 Å². The van der Waals surface area contributed by atoms with Gasteiger partial charge in [0.05, 0.1) is 5.71 Å². The molecule has 1 rings (SSSR count). The van der Waals surface area contributed by atoms with Crippen molar-refractivity contribution >= 4 is 17.5 Å². The Morgan fingerprint density at radius 2 is 1.58 bits per heavy atom. The van der Waals surface area contributed by atoms with Gasteiger partial charge in [0.2, 0.25) is 0 Å². The van der Waals surface area contributed by atoms with Crippen LogP contribution in [0.5, 0.6) is 0 Å². The maximum Gasteiger partial charge on any atom is 0.0504 e. The van der Waals surface area contributed by atoms with E-state index in [9.17, 15) is 0 Å². The normalized spacial score (nSPS) is 26.8. The van der Waals surface area contributed by atoms with Gasteiger partial charge in [0, 0.05) is 22.3 Å². The number of nitrogens with zero attached hydrogens (tertiary/aromatic N) is 1. The Morgan fingerprint density at radius 3 is 1.83 bits per heavy atom. The molecule has 0 radical (unpaired) electrons. The summed E-state index contributed by atoms with van der Waals surface area (Å²) in [5.41, 5.74) is 1.50. The van der Waals surface area contributed by atoms with Crippen molar-refractivity contribution in [3.63, 3.8) is 0 Å². The monoisotopic (exact) mass is 186 g/mol. The van der Waals surface area contributed by atoms with Gasteiger partial charge < -0.3 is 5.84 Å². The van der Waals surface area contributed by atoms with Crippen LogP contribution in [0.15, 0.2) is 5.10 Å². The fourth-order valence-corrected chi connectivity index (χ4v) is 3.36. The molecule has 1 aliphatic heterocycles. The van der Waals surface area contributed by atoms with Crippen molar-refractivity contribution in [1.82, 2.24) is 0 Å². The molecule has 0 unspecified atom stereocenters. The molecule has 0 saturated carbocycles. The van der Waals surface area contributed by atoms with Crippen molar-refractivity contribution in [3.8, 4) is 0 Å². The Morgan fingerprint density at radius 1 is 1.17 bits per heavy atom. The van der Waals surface area contributed by atoms with Crippen LogP contribution in [0, 0.1) is 10.8 Å². The summed E-state index contributed by atoms with van der Waals surface area (Å²) in [6.45, 7) is 8.86. The Hall–Kier alpha value is -0.180. The van der Waals surface area contributed by atoms with Crippen LogP contribution in [-0.2, 0) is 0 Å². The summed E-state index contributed by atoms with van der Waals surface area (Å²) >= 11 is 1.99. The standard InChI is InChI=1S/C9H18N2S/c1-8(2)5-12-6-9(3,4)7(8)11-10/h5-6,10H2,1-4H3. The summed E-state index contributed by atoms with van der Waals surface area (Å²) < 4.78 is 0. The molecule has 70 valence electrons. The van der Waals surface area contributed by atoms with E-state index in [1.54, 1.807) is 0 Å². The first-order valence-electron chi connectivity index (χ1n) is 4.27. The lowest BCUT2D eigenvalue weighted by Gasteiger charge is -2.41. The van der Waals surface area contributed by atoms with E-state index in [4.69, 9.17) is 5.84 Å². The molecule has 0 aromatic rings. The van der Waals surface area contributed by atoms with Crippen LogP contribution in [0.25, 0.3) is 0 Å². The Labute approximate surface area is 79.0 Å². The van der Waals surface area contributed by atoms with Crippen molar-refractivity contribution in [2.75, 3.05) is 11.5 Å². The van der Waals surface area contributed by atoms with Crippen LogP contribution in [-0.4, -0.2) is 17.2 Å². The SMILES string of the molecule is CC1(C)CSCC(C)(C)C1=NN. The van der Waals surface area contributed by atoms with Crippen molar-refractivity contribution in [2.45, 2.75) is 27.7 Å². The molecule has 0 spiro atoms. The molecule has 2 nitrogen and oxygen atoms in total. The molecule has 0 atom stereocenters. The van der Waals surface area contributed by atoms with Gasteiger partial charge in [0.25, 0.3) is 0 Å². The zero-order chi connectivity index (χ0) is 9.41. The predicted molar refractivity (Wildman–Crippen MR) is 56.5 cm³/mol. The zero-order valence-corrected chi connectivity index (χ0v) is 9.16. The van der Waals surface area contributed by atoms with Crippen LogP contribution in [0.2, 0.25) is 0 Å². The molecule has 1 saturated heterocycles. The average molecular weight is 186 g/mol. The second kappa shape index (κ2) is 2.95. The molecule has 0 amide bonds. The minimum Gasteiger partial charge on any atom is -0.323 e. The van der Waals surface area contributed by atoms with E-state index in [0.29, 0.717) is 0 Å². The quantitative estimate of drug-likeness (QED) is 0.465.